The van der Waals surface area contributed by atoms with Gasteiger partial charge in [0.25, 0.3) is 11.5 Å². The molecule has 3 heterocycles. The first kappa shape index (κ1) is 16.3. The molecule has 0 fully saturated rings. The van der Waals surface area contributed by atoms with Crippen molar-refractivity contribution in [3.63, 3.8) is 0 Å². The number of carbonyl (C=O) groups excluding carboxylic acids is 1. The molecule has 1 aromatic carbocycles. The summed E-state index contributed by atoms with van der Waals surface area (Å²) in [4.78, 5) is 32.1. The Labute approximate surface area is 153 Å². The van der Waals surface area contributed by atoms with E-state index in [2.05, 4.69) is 4.98 Å². The Morgan fingerprint density at radius 3 is 2.77 bits per heavy atom. The Bertz CT molecular complexity index is 1080. The number of benzene rings is 1. The van der Waals surface area contributed by atoms with E-state index >= 15 is 0 Å². The van der Waals surface area contributed by atoms with Crippen molar-refractivity contribution in [2.24, 2.45) is 0 Å². The van der Waals surface area contributed by atoms with Gasteiger partial charge in [0.1, 0.15) is 11.3 Å². The van der Waals surface area contributed by atoms with Gasteiger partial charge in [0.05, 0.1) is 12.8 Å². The number of thiazole rings is 1. The first-order valence-corrected chi connectivity index (χ1v) is 8.91. The average molecular weight is 365 g/mol. The quantitative estimate of drug-likeness (QED) is 0.545. The molecular formula is C19H15N3O3S. The number of amides is 1. The van der Waals surface area contributed by atoms with Crippen molar-refractivity contribution in [3.8, 4) is 0 Å². The third-order valence-corrected chi connectivity index (χ3v) is 4.77. The summed E-state index contributed by atoms with van der Waals surface area (Å²) in [6.07, 6.45) is 4.55. The lowest BCUT2D eigenvalue weighted by atomic mass is 10.2. The smallest absolute Gasteiger partial charge is 0.271 e. The van der Waals surface area contributed by atoms with Gasteiger partial charge in [0.2, 0.25) is 0 Å². The zero-order valence-corrected chi connectivity index (χ0v) is 14.6. The van der Waals surface area contributed by atoms with Crippen molar-refractivity contribution in [1.82, 2.24) is 14.3 Å². The van der Waals surface area contributed by atoms with Crippen molar-refractivity contribution in [3.05, 3.63) is 93.7 Å². The molecule has 0 saturated heterocycles. The Morgan fingerprint density at radius 1 is 1.15 bits per heavy atom. The zero-order chi connectivity index (χ0) is 17.9. The zero-order valence-electron chi connectivity index (χ0n) is 13.7. The summed E-state index contributed by atoms with van der Waals surface area (Å²) in [5.74, 6) is 0.280. The van der Waals surface area contributed by atoms with Gasteiger partial charge in [-0.05, 0) is 17.7 Å². The number of aromatic nitrogens is 2. The van der Waals surface area contributed by atoms with E-state index in [4.69, 9.17) is 4.42 Å². The molecule has 130 valence electrons. The fourth-order valence-electron chi connectivity index (χ4n) is 2.74. The molecule has 0 bridgehead atoms. The van der Waals surface area contributed by atoms with Gasteiger partial charge in [-0.3, -0.25) is 14.0 Å². The summed E-state index contributed by atoms with van der Waals surface area (Å²) in [7, 11) is 0. The number of carbonyl (C=O) groups is 1. The van der Waals surface area contributed by atoms with Crippen LogP contribution >= 0.6 is 11.3 Å². The molecule has 26 heavy (non-hydrogen) atoms. The molecule has 0 aliphatic heterocycles. The minimum Gasteiger partial charge on any atom is -0.467 e. The Hall–Kier alpha value is -3.19. The highest BCUT2D eigenvalue weighted by Gasteiger charge is 2.22. The third-order valence-electron chi connectivity index (χ3n) is 4.00. The normalized spacial score (nSPS) is 10.9. The van der Waals surface area contributed by atoms with Crippen LogP contribution in [0.3, 0.4) is 0 Å². The van der Waals surface area contributed by atoms with E-state index in [0.29, 0.717) is 17.3 Å². The Morgan fingerprint density at radius 2 is 2.00 bits per heavy atom. The Kier molecular flexibility index (Phi) is 4.37. The lowest BCUT2D eigenvalue weighted by Gasteiger charge is -2.21. The molecule has 0 unspecified atom stereocenters. The summed E-state index contributed by atoms with van der Waals surface area (Å²) < 4.78 is 6.78. The van der Waals surface area contributed by atoms with Crippen LogP contribution in [-0.2, 0) is 13.1 Å². The molecule has 0 aliphatic carbocycles. The highest BCUT2D eigenvalue weighted by atomic mass is 32.1. The van der Waals surface area contributed by atoms with Crippen LogP contribution in [0.25, 0.3) is 4.96 Å². The second-order valence-corrected chi connectivity index (χ2v) is 6.63. The van der Waals surface area contributed by atoms with E-state index in [9.17, 15) is 9.59 Å². The number of rotatable bonds is 5. The van der Waals surface area contributed by atoms with E-state index in [1.807, 2.05) is 30.3 Å². The molecule has 4 aromatic rings. The molecule has 1 amide bonds. The largest absolute Gasteiger partial charge is 0.467 e. The monoisotopic (exact) mass is 365 g/mol. The van der Waals surface area contributed by atoms with Crippen LogP contribution in [0.5, 0.6) is 0 Å². The van der Waals surface area contributed by atoms with Crippen molar-refractivity contribution in [2.75, 3.05) is 0 Å². The number of fused-ring (bicyclic) bond motifs is 1. The van der Waals surface area contributed by atoms with Gasteiger partial charge in [0.15, 0.2) is 4.96 Å². The number of hydrogen-bond donors (Lipinski definition) is 0. The summed E-state index contributed by atoms with van der Waals surface area (Å²) in [5.41, 5.74) is 0.652. The minimum absolute atomic E-state index is 0.0448. The maximum Gasteiger partial charge on any atom is 0.271 e. The molecule has 0 atom stereocenters. The van der Waals surface area contributed by atoms with Crippen molar-refractivity contribution >= 4 is 22.2 Å². The van der Waals surface area contributed by atoms with Crippen molar-refractivity contribution in [2.45, 2.75) is 13.1 Å². The number of nitrogens with zero attached hydrogens (tertiary/aromatic N) is 3. The van der Waals surface area contributed by atoms with E-state index < -0.39 is 0 Å². The maximum absolute atomic E-state index is 13.1. The fourth-order valence-corrected chi connectivity index (χ4v) is 3.41. The molecule has 3 aromatic heterocycles. The molecule has 6 nitrogen and oxygen atoms in total. The predicted octanol–water partition coefficient (Wildman–Crippen LogP) is 3.19. The van der Waals surface area contributed by atoms with Crippen molar-refractivity contribution < 1.29 is 9.21 Å². The second-order valence-electron chi connectivity index (χ2n) is 5.76. The standard InChI is InChI=1S/C19H15N3O3S/c23-17(16-11-20-19-22(18(16)24)8-10-26-19)21(13-15-7-4-9-25-15)12-14-5-2-1-3-6-14/h1-11H,12-13H2. The molecule has 0 N–H and O–H groups in total. The van der Waals surface area contributed by atoms with Gasteiger partial charge < -0.3 is 9.32 Å². The third kappa shape index (κ3) is 3.16. The van der Waals surface area contributed by atoms with Crippen LogP contribution in [-0.4, -0.2) is 20.2 Å². The minimum atomic E-state index is -0.372. The molecule has 0 saturated carbocycles. The first-order valence-electron chi connectivity index (χ1n) is 8.03. The van der Waals surface area contributed by atoms with Crippen LogP contribution in [0.1, 0.15) is 21.7 Å². The highest BCUT2D eigenvalue weighted by molar-refractivity contribution is 7.15. The molecule has 0 radical (unpaired) electrons. The van der Waals surface area contributed by atoms with Crippen LogP contribution in [0, 0.1) is 0 Å². The molecule has 0 spiro atoms. The molecule has 0 aliphatic rings. The summed E-state index contributed by atoms with van der Waals surface area (Å²) in [6, 6.07) is 13.2. The highest BCUT2D eigenvalue weighted by Crippen LogP contribution is 2.14. The SMILES string of the molecule is O=C(c1cnc2sccn2c1=O)N(Cc1ccccc1)Cc1ccco1. The van der Waals surface area contributed by atoms with Gasteiger partial charge in [-0.2, -0.15) is 0 Å². The Balaban J connectivity index is 1.70. The van der Waals surface area contributed by atoms with Crippen LogP contribution < -0.4 is 5.56 Å². The van der Waals surface area contributed by atoms with Crippen LogP contribution in [0.4, 0.5) is 0 Å². The average Bonchev–Trinajstić information content (AvgIpc) is 3.34. The van der Waals surface area contributed by atoms with E-state index in [-0.39, 0.29) is 23.6 Å². The number of furan rings is 1. The van der Waals surface area contributed by atoms with Gasteiger partial charge in [-0.15, -0.1) is 11.3 Å². The van der Waals surface area contributed by atoms with E-state index in [1.54, 1.807) is 34.9 Å². The van der Waals surface area contributed by atoms with Crippen LogP contribution in [0.15, 0.2) is 75.7 Å². The summed E-state index contributed by atoms with van der Waals surface area (Å²) in [5, 5.41) is 1.77. The molecule has 4 rings (SSSR count). The topological polar surface area (TPSA) is 67.8 Å². The first-order chi connectivity index (χ1) is 12.7. The van der Waals surface area contributed by atoms with E-state index in [0.717, 1.165) is 5.56 Å². The van der Waals surface area contributed by atoms with Gasteiger partial charge in [-0.1, -0.05) is 30.3 Å². The van der Waals surface area contributed by atoms with Gasteiger partial charge in [0, 0.05) is 24.3 Å². The maximum atomic E-state index is 13.1. The van der Waals surface area contributed by atoms with Crippen molar-refractivity contribution in [1.29, 1.82) is 0 Å². The molecular weight excluding hydrogens is 350 g/mol. The predicted molar refractivity (Wildman–Crippen MR) is 98.1 cm³/mol. The lowest BCUT2D eigenvalue weighted by molar-refractivity contribution is 0.0715. The fraction of sp³-hybridized carbons (Fsp3) is 0.105. The second kappa shape index (κ2) is 6.97. The lowest BCUT2D eigenvalue weighted by Crippen LogP contribution is -2.35. The molecule has 7 heteroatoms. The van der Waals surface area contributed by atoms with Gasteiger partial charge >= 0.3 is 0 Å². The summed E-state index contributed by atoms with van der Waals surface area (Å²) >= 11 is 1.35. The number of hydrogen-bond acceptors (Lipinski definition) is 5. The summed E-state index contributed by atoms with van der Waals surface area (Å²) in [6.45, 7) is 0.638. The van der Waals surface area contributed by atoms with Crippen LogP contribution in [0.2, 0.25) is 0 Å². The van der Waals surface area contributed by atoms with E-state index in [1.165, 1.54) is 21.9 Å². The van der Waals surface area contributed by atoms with Gasteiger partial charge in [-0.25, -0.2) is 4.98 Å².